The highest BCUT2D eigenvalue weighted by Crippen LogP contribution is 2.14. The predicted octanol–water partition coefficient (Wildman–Crippen LogP) is 6.52. The van der Waals surface area contributed by atoms with Crippen LogP contribution in [0.5, 0.6) is 0 Å². The smallest absolute Gasteiger partial charge is 0.330 e. The highest BCUT2D eigenvalue weighted by molar-refractivity contribution is 5.81. The zero-order valence-electron chi connectivity index (χ0n) is 17.9. The lowest BCUT2D eigenvalue weighted by molar-refractivity contribution is -0.144. The van der Waals surface area contributed by atoms with E-state index in [-0.39, 0.29) is 12.1 Å². The first-order valence-corrected chi connectivity index (χ1v) is 11.1. The van der Waals surface area contributed by atoms with Crippen LogP contribution >= 0.6 is 0 Å². The third-order valence-electron chi connectivity index (χ3n) is 4.90. The number of rotatable bonds is 19. The largest absolute Gasteiger partial charge is 0.458 e. The molecule has 0 fully saturated rings. The molecule has 0 aliphatic rings. The maximum atomic E-state index is 11.4. The fourth-order valence-electron chi connectivity index (χ4n) is 3.37. The lowest BCUT2D eigenvalue weighted by Gasteiger charge is -2.20. The van der Waals surface area contributed by atoms with Crippen molar-refractivity contribution in [1.29, 1.82) is 0 Å². The molecule has 26 heavy (non-hydrogen) atoms. The van der Waals surface area contributed by atoms with Gasteiger partial charge in [0.15, 0.2) is 0 Å². The Morgan fingerprint density at radius 3 is 1.65 bits per heavy atom. The summed E-state index contributed by atoms with van der Waals surface area (Å²) >= 11 is 0. The first-order valence-electron chi connectivity index (χ1n) is 11.1. The Morgan fingerprint density at radius 1 is 0.846 bits per heavy atom. The Kier molecular flexibility index (Phi) is 18.3. The maximum Gasteiger partial charge on any atom is 0.330 e. The first-order chi connectivity index (χ1) is 12.6. The average molecular weight is 368 g/mol. The summed E-state index contributed by atoms with van der Waals surface area (Å²) in [6, 6.07) is 0. The van der Waals surface area contributed by atoms with E-state index in [1.54, 1.807) is 0 Å². The van der Waals surface area contributed by atoms with Crippen LogP contribution in [0.3, 0.4) is 0 Å². The molecular formula is C23H45NO2. The molecule has 0 radical (unpaired) electrons. The molecule has 0 saturated carbocycles. The number of carbonyl (C=O) groups excluding carboxylic acids is 1. The normalized spacial score (nSPS) is 12.3. The topological polar surface area (TPSA) is 29.5 Å². The fourth-order valence-corrected chi connectivity index (χ4v) is 3.37. The standard InChI is InChI=1S/C23H45NO2/c1-5-7-8-9-10-11-12-13-14-15-16-17-18-19-20-22(21-24(3)4)26-23(25)6-2/h6,22H,2,5,7-21H2,1,3-4H3. The summed E-state index contributed by atoms with van der Waals surface area (Å²) in [4.78, 5) is 13.5. The van der Waals surface area contributed by atoms with Crippen molar-refractivity contribution >= 4 is 5.97 Å². The monoisotopic (exact) mass is 367 g/mol. The third kappa shape index (κ3) is 18.0. The molecule has 0 N–H and O–H groups in total. The van der Waals surface area contributed by atoms with E-state index in [4.69, 9.17) is 4.74 Å². The summed E-state index contributed by atoms with van der Waals surface area (Å²) in [5.41, 5.74) is 0. The van der Waals surface area contributed by atoms with Crippen LogP contribution < -0.4 is 0 Å². The molecule has 0 spiro atoms. The molecule has 1 atom stereocenters. The minimum absolute atomic E-state index is 0.00664. The van der Waals surface area contributed by atoms with E-state index in [1.165, 1.54) is 89.5 Å². The van der Waals surface area contributed by atoms with Crippen molar-refractivity contribution in [3.63, 3.8) is 0 Å². The summed E-state index contributed by atoms with van der Waals surface area (Å²) in [5.74, 6) is -0.304. The van der Waals surface area contributed by atoms with Crippen LogP contribution in [-0.4, -0.2) is 37.6 Å². The van der Waals surface area contributed by atoms with E-state index < -0.39 is 0 Å². The van der Waals surface area contributed by atoms with E-state index in [1.807, 2.05) is 14.1 Å². The molecule has 0 rings (SSSR count). The van der Waals surface area contributed by atoms with Crippen LogP contribution in [-0.2, 0) is 9.53 Å². The van der Waals surface area contributed by atoms with Crippen molar-refractivity contribution < 1.29 is 9.53 Å². The van der Waals surface area contributed by atoms with Gasteiger partial charge in [-0.15, -0.1) is 0 Å². The number of carbonyl (C=O) groups is 1. The summed E-state index contributed by atoms with van der Waals surface area (Å²) in [6.45, 7) is 6.55. The van der Waals surface area contributed by atoms with Gasteiger partial charge in [-0.1, -0.05) is 97.0 Å². The molecule has 3 heteroatoms. The van der Waals surface area contributed by atoms with Gasteiger partial charge < -0.3 is 9.64 Å². The number of ether oxygens (including phenoxy) is 1. The second-order valence-corrected chi connectivity index (χ2v) is 7.91. The molecule has 0 aliphatic carbocycles. The number of likely N-dealkylation sites (N-methyl/N-ethyl adjacent to an activating group) is 1. The third-order valence-corrected chi connectivity index (χ3v) is 4.90. The molecule has 0 saturated heterocycles. The minimum atomic E-state index is -0.304. The van der Waals surface area contributed by atoms with Gasteiger partial charge in [0.2, 0.25) is 0 Å². The van der Waals surface area contributed by atoms with Crippen molar-refractivity contribution in [2.45, 2.75) is 109 Å². The average Bonchev–Trinajstić information content (AvgIpc) is 2.61. The Balaban J connectivity index is 3.44. The molecule has 0 aromatic heterocycles. The lowest BCUT2D eigenvalue weighted by Crippen LogP contribution is -2.30. The molecule has 0 amide bonds. The van der Waals surface area contributed by atoms with Gasteiger partial charge in [0.05, 0.1) is 0 Å². The van der Waals surface area contributed by atoms with E-state index in [2.05, 4.69) is 18.4 Å². The van der Waals surface area contributed by atoms with Crippen LogP contribution in [0.25, 0.3) is 0 Å². The van der Waals surface area contributed by atoms with Crippen molar-refractivity contribution in [2.24, 2.45) is 0 Å². The number of hydrogen-bond acceptors (Lipinski definition) is 3. The number of esters is 1. The van der Waals surface area contributed by atoms with Crippen molar-refractivity contribution in [3.05, 3.63) is 12.7 Å². The SMILES string of the molecule is C=CC(=O)OC(CCCCCCCCCCCCCCCC)CN(C)C. The van der Waals surface area contributed by atoms with Crippen LogP contribution in [0, 0.1) is 0 Å². The predicted molar refractivity (Wildman–Crippen MR) is 114 cm³/mol. The minimum Gasteiger partial charge on any atom is -0.458 e. The Morgan fingerprint density at radius 2 is 1.27 bits per heavy atom. The molecule has 1 unspecified atom stereocenters. The van der Waals surface area contributed by atoms with Crippen molar-refractivity contribution in [3.8, 4) is 0 Å². The van der Waals surface area contributed by atoms with E-state index in [0.29, 0.717) is 0 Å². The van der Waals surface area contributed by atoms with Crippen LogP contribution in [0.4, 0.5) is 0 Å². The van der Waals surface area contributed by atoms with E-state index in [0.717, 1.165) is 19.4 Å². The number of nitrogens with zero attached hydrogens (tertiary/aromatic N) is 1. The molecule has 3 nitrogen and oxygen atoms in total. The Hall–Kier alpha value is -0.830. The number of hydrogen-bond donors (Lipinski definition) is 0. The van der Waals surface area contributed by atoms with Crippen LogP contribution in [0.15, 0.2) is 12.7 Å². The summed E-state index contributed by atoms with van der Waals surface area (Å²) in [6.07, 6.45) is 21.3. The molecule has 0 aliphatic heterocycles. The van der Waals surface area contributed by atoms with E-state index >= 15 is 0 Å². The fraction of sp³-hybridized carbons (Fsp3) is 0.870. The van der Waals surface area contributed by atoms with Crippen LogP contribution in [0.2, 0.25) is 0 Å². The second-order valence-electron chi connectivity index (χ2n) is 7.91. The van der Waals surface area contributed by atoms with Gasteiger partial charge in [0.1, 0.15) is 6.10 Å². The molecule has 0 heterocycles. The quantitative estimate of drug-likeness (QED) is 0.148. The second kappa shape index (κ2) is 18.9. The molecule has 0 bridgehead atoms. The van der Waals surface area contributed by atoms with Gasteiger partial charge in [-0.05, 0) is 26.9 Å². The maximum absolute atomic E-state index is 11.4. The molecule has 0 aromatic carbocycles. The zero-order chi connectivity index (χ0) is 19.5. The van der Waals surface area contributed by atoms with Gasteiger partial charge >= 0.3 is 5.97 Å². The summed E-state index contributed by atoms with van der Waals surface area (Å²) in [5, 5.41) is 0. The van der Waals surface area contributed by atoms with Gasteiger partial charge in [-0.2, -0.15) is 0 Å². The summed E-state index contributed by atoms with van der Waals surface area (Å²) in [7, 11) is 4.03. The van der Waals surface area contributed by atoms with Crippen molar-refractivity contribution in [2.75, 3.05) is 20.6 Å². The zero-order valence-corrected chi connectivity index (χ0v) is 17.9. The summed E-state index contributed by atoms with van der Waals surface area (Å²) < 4.78 is 5.43. The Bertz CT molecular complexity index is 328. The van der Waals surface area contributed by atoms with Crippen LogP contribution in [0.1, 0.15) is 103 Å². The van der Waals surface area contributed by atoms with Gasteiger partial charge in [-0.25, -0.2) is 4.79 Å². The van der Waals surface area contributed by atoms with Gasteiger partial charge in [0, 0.05) is 12.6 Å². The Labute approximate surface area is 163 Å². The highest BCUT2D eigenvalue weighted by Gasteiger charge is 2.13. The van der Waals surface area contributed by atoms with Gasteiger partial charge in [0.25, 0.3) is 0 Å². The van der Waals surface area contributed by atoms with Crippen molar-refractivity contribution in [1.82, 2.24) is 4.90 Å². The first kappa shape index (κ1) is 25.2. The molecule has 154 valence electrons. The molecule has 0 aromatic rings. The number of unbranched alkanes of at least 4 members (excludes halogenated alkanes) is 13. The lowest BCUT2D eigenvalue weighted by atomic mass is 10.0. The highest BCUT2D eigenvalue weighted by atomic mass is 16.5. The molecular weight excluding hydrogens is 322 g/mol. The van der Waals surface area contributed by atoms with E-state index in [9.17, 15) is 4.79 Å². The van der Waals surface area contributed by atoms with Gasteiger partial charge in [-0.3, -0.25) is 0 Å².